The summed E-state index contributed by atoms with van der Waals surface area (Å²) in [5.74, 6) is 0.260. The van der Waals surface area contributed by atoms with E-state index < -0.39 is 10.1 Å². The zero-order valence-electron chi connectivity index (χ0n) is 8.26. The summed E-state index contributed by atoms with van der Waals surface area (Å²) in [5, 5.41) is 0. The van der Waals surface area contributed by atoms with Crippen molar-refractivity contribution >= 4 is 16.4 Å². The maximum atomic E-state index is 10.9. The quantitative estimate of drug-likeness (QED) is 0.566. The number of hydrogen-bond donors (Lipinski definition) is 0. The Balaban J connectivity index is 3.13. The van der Waals surface area contributed by atoms with Crippen molar-refractivity contribution in [2.45, 2.75) is 0 Å². The fraction of sp³-hybridized carbons (Fsp3) is 0.222. The number of ether oxygens (including phenoxy) is 1. The van der Waals surface area contributed by atoms with Crippen LogP contribution in [0.1, 0.15) is 10.4 Å². The number of aldehydes is 1. The van der Waals surface area contributed by atoms with Crippen molar-refractivity contribution < 1.29 is 22.1 Å². The Morgan fingerprint density at radius 2 is 1.93 bits per heavy atom. The number of carbonyl (C=O) groups is 1. The normalized spacial score (nSPS) is 10.8. The number of hydrogen-bond acceptors (Lipinski definition) is 5. The third-order valence-electron chi connectivity index (χ3n) is 1.56. The molecule has 82 valence electrons. The summed E-state index contributed by atoms with van der Waals surface area (Å²) in [6.07, 6.45) is 1.56. The number of benzene rings is 1. The van der Waals surface area contributed by atoms with E-state index in [4.69, 9.17) is 4.74 Å². The number of rotatable bonds is 4. The van der Waals surface area contributed by atoms with Gasteiger partial charge in [-0.15, -0.1) is 0 Å². The molecule has 0 unspecified atom stereocenters. The predicted octanol–water partition coefficient (Wildman–Crippen LogP) is 0.846. The van der Waals surface area contributed by atoms with Crippen molar-refractivity contribution in [1.29, 1.82) is 0 Å². The average Bonchev–Trinajstić information content (AvgIpc) is 2.16. The van der Waals surface area contributed by atoms with Gasteiger partial charge in [0.15, 0.2) is 11.5 Å². The predicted molar refractivity (Wildman–Crippen MR) is 53.9 cm³/mol. The van der Waals surface area contributed by atoms with E-state index in [1.165, 1.54) is 25.3 Å². The third-order valence-corrected chi connectivity index (χ3v) is 2.05. The zero-order chi connectivity index (χ0) is 11.5. The second-order valence-corrected chi connectivity index (χ2v) is 4.39. The first-order chi connectivity index (χ1) is 6.96. The number of carbonyl (C=O) groups excluding carboxylic acids is 1. The van der Waals surface area contributed by atoms with Gasteiger partial charge in [-0.05, 0) is 18.2 Å². The van der Waals surface area contributed by atoms with Crippen molar-refractivity contribution in [3.8, 4) is 11.5 Å². The fourth-order valence-corrected chi connectivity index (χ4v) is 1.45. The molecule has 0 fully saturated rings. The molecule has 15 heavy (non-hydrogen) atoms. The van der Waals surface area contributed by atoms with Gasteiger partial charge in [-0.2, -0.15) is 8.42 Å². The van der Waals surface area contributed by atoms with Crippen LogP contribution in [0.15, 0.2) is 18.2 Å². The maximum Gasteiger partial charge on any atom is 0.306 e. The molecule has 0 amide bonds. The first-order valence-corrected chi connectivity index (χ1v) is 5.80. The zero-order valence-corrected chi connectivity index (χ0v) is 9.08. The van der Waals surface area contributed by atoms with Crippen LogP contribution >= 0.6 is 0 Å². The Kier molecular flexibility index (Phi) is 3.31. The van der Waals surface area contributed by atoms with Gasteiger partial charge in [0.25, 0.3) is 0 Å². The highest BCUT2D eigenvalue weighted by Crippen LogP contribution is 2.28. The van der Waals surface area contributed by atoms with Gasteiger partial charge in [0, 0.05) is 5.56 Å². The van der Waals surface area contributed by atoms with Crippen molar-refractivity contribution in [3.63, 3.8) is 0 Å². The third kappa shape index (κ3) is 3.25. The molecule has 1 aromatic carbocycles. The maximum absolute atomic E-state index is 10.9. The molecule has 0 spiro atoms. The van der Waals surface area contributed by atoms with Crippen molar-refractivity contribution in [2.24, 2.45) is 0 Å². The van der Waals surface area contributed by atoms with E-state index in [9.17, 15) is 13.2 Å². The monoisotopic (exact) mass is 230 g/mol. The minimum absolute atomic E-state index is 0.0607. The Labute approximate surface area is 87.7 Å². The lowest BCUT2D eigenvalue weighted by Crippen LogP contribution is -2.06. The van der Waals surface area contributed by atoms with Gasteiger partial charge < -0.3 is 8.92 Å². The summed E-state index contributed by atoms with van der Waals surface area (Å²) in [7, 11) is -2.24. The molecule has 0 N–H and O–H groups in total. The fourth-order valence-electron chi connectivity index (χ4n) is 0.989. The van der Waals surface area contributed by atoms with Crippen LogP contribution in [0.2, 0.25) is 0 Å². The van der Waals surface area contributed by atoms with Gasteiger partial charge in [-0.1, -0.05) is 0 Å². The van der Waals surface area contributed by atoms with Crippen LogP contribution < -0.4 is 8.92 Å². The molecule has 1 rings (SSSR count). The summed E-state index contributed by atoms with van der Waals surface area (Å²) in [6.45, 7) is 0. The summed E-state index contributed by atoms with van der Waals surface area (Å²) in [5.41, 5.74) is 0.382. The van der Waals surface area contributed by atoms with Crippen LogP contribution in [0.4, 0.5) is 0 Å². The summed E-state index contributed by atoms with van der Waals surface area (Å²) < 4.78 is 31.3. The van der Waals surface area contributed by atoms with Crippen molar-refractivity contribution in [2.75, 3.05) is 13.4 Å². The minimum Gasteiger partial charge on any atom is -0.493 e. The van der Waals surface area contributed by atoms with E-state index in [2.05, 4.69) is 4.18 Å². The largest absolute Gasteiger partial charge is 0.493 e. The van der Waals surface area contributed by atoms with Crippen LogP contribution in [0.3, 0.4) is 0 Å². The van der Waals surface area contributed by atoms with Crippen LogP contribution in [-0.2, 0) is 10.1 Å². The average molecular weight is 230 g/mol. The van der Waals surface area contributed by atoms with Crippen LogP contribution in [0.25, 0.3) is 0 Å². The molecule has 1 aromatic rings. The van der Waals surface area contributed by atoms with Crippen LogP contribution in [0, 0.1) is 0 Å². The van der Waals surface area contributed by atoms with E-state index in [1.807, 2.05) is 0 Å². The molecule has 5 nitrogen and oxygen atoms in total. The molecule has 0 saturated carbocycles. The van der Waals surface area contributed by atoms with Gasteiger partial charge in [0.05, 0.1) is 13.4 Å². The second kappa shape index (κ2) is 4.31. The molecular formula is C9H10O5S. The molecule has 0 bridgehead atoms. The first-order valence-electron chi connectivity index (χ1n) is 3.99. The number of methoxy groups -OCH3 is 1. The Hall–Kier alpha value is -1.56. The van der Waals surface area contributed by atoms with E-state index in [0.29, 0.717) is 11.8 Å². The van der Waals surface area contributed by atoms with Gasteiger partial charge in [0.2, 0.25) is 0 Å². The van der Waals surface area contributed by atoms with Gasteiger partial charge in [-0.25, -0.2) is 0 Å². The SMILES string of the molecule is COc1cc(C=O)ccc1OS(C)(=O)=O. The highest BCUT2D eigenvalue weighted by molar-refractivity contribution is 7.86. The van der Waals surface area contributed by atoms with E-state index in [-0.39, 0.29) is 11.5 Å². The highest BCUT2D eigenvalue weighted by Gasteiger charge is 2.10. The molecule has 0 aliphatic carbocycles. The Morgan fingerprint density at radius 3 is 2.40 bits per heavy atom. The van der Waals surface area contributed by atoms with Gasteiger partial charge in [-0.3, -0.25) is 4.79 Å². The molecular weight excluding hydrogens is 220 g/mol. The molecule has 0 aliphatic heterocycles. The molecule has 0 saturated heterocycles. The lowest BCUT2D eigenvalue weighted by molar-refractivity contribution is 0.112. The van der Waals surface area contributed by atoms with E-state index in [0.717, 1.165) is 6.26 Å². The Bertz CT molecular complexity index is 463. The topological polar surface area (TPSA) is 69.7 Å². The molecule has 0 aliphatic rings. The summed E-state index contributed by atoms with van der Waals surface area (Å²) in [6, 6.07) is 4.20. The highest BCUT2D eigenvalue weighted by atomic mass is 32.2. The first kappa shape index (κ1) is 11.5. The van der Waals surface area contributed by atoms with Crippen LogP contribution in [-0.4, -0.2) is 28.1 Å². The smallest absolute Gasteiger partial charge is 0.306 e. The molecule has 0 radical (unpaired) electrons. The Morgan fingerprint density at radius 1 is 1.27 bits per heavy atom. The van der Waals surface area contributed by atoms with E-state index in [1.54, 1.807) is 0 Å². The lowest BCUT2D eigenvalue weighted by atomic mass is 10.2. The lowest BCUT2D eigenvalue weighted by Gasteiger charge is -2.08. The van der Waals surface area contributed by atoms with Crippen molar-refractivity contribution in [1.82, 2.24) is 0 Å². The van der Waals surface area contributed by atoms with Gasteiger partial charge in [0.1, 0.15) is 6.29 Å². The minimum atomic E-state index is -3.60. The van der Waals surface area contributed by atoms with Crippen molar-refractivity contribution in [3.05, 3.63) is 23.8 Å². The molecule has 6 heteroatoms. The molecule has 0 aromatic heterocycles. The van der Waals surface area contributed by atoms with Crippen LogP contribution in [0.5, 0.6) is 11.5 Å². The second-order valence-electron chi connectivity index (χ2n) is 2.82. The standard InChI is InChI=1S/C9H10O5S/c1-13-9-5-7(6-10)3-4-8(9)14-15(2,11)12/h3-6H,1-2H3. The molecule has 0 atom stereocenters. The molecule has 0 heterocycles. The van der Waals surface area contributed by atoms with E-state index >= 15 is 0 Å². The summed E-state index contributed by atoms with van der Waals surface area (Å²) >= 11 is 0. The summed E-state index contributed by atoms with van der Waals surface area (Å²) in [4.78, 5) is 10.5. The van der Waals surface area contributed by atoms with Gasteiger partial charge >= 0.3 is 10.1 Å².